The second-order valence-corrected chi connectivity index (χ2v) is 11.4. The number of amides is 1. The number of imidazole rings is 1. The molecule has 1 aromatic carbocycles. The fourth-order valence-corrected chi connectivity index (χ4v) is 4.88. The van der Waals surface area contributed by atoms with Gasteiger partial charge in [-0.15, -0.1) is 0 Å². The second-order valence-electron chi connectivity index (χ2n) is 8.94. The van der Waals surface area contributed by atoms with E-state index in [-0.39, 0.29) is 11.8 Å². The molecule has 2 aliphatic heterocycles. The maximum Gasteiger partial charge on any atom is 0.394 e. The fraction of sp³-hybridized carbons (Fsp3) is 0.375. The molecule has 0 spiro atoms. The van der Waals surface area contributed by atoms with Gasteiger partial charge in [-0.25, -0.2) is 18.2 Å². The first-order chi connectivity index (χ1) is 16.7. The number of benzene rings is 1. The normalized spacial score (nSPS) is 17.3. The molecule has 0 unspecified atom stereocenters. The number of hydrogen-bond acceptors (Lipinski definition) is 6. The van der Waals surface area contributed by atoms with Crippen LogP contribution in [0.15, 0.2) is 42.6 Å². The molecule has 0 atom stereocenters. The molecule has 35 heavy (non-hydrogen) atoms. The van der Waals surface area contributed by atoms with Gasteiger partial charge >= 0.3 is 5.91 Å². The minimum atomic E-state index is -3.41. The largest absolute Gasteiger partial charge is 0.394 e. The van der Waals surface area contributed by atoms with Gasteiger partial charge < -0.3 is 4.74 Å². The standard InChI is InChI=1S/C24H27ClN5O4S/c1-27(35(2,32)33)20-7-8-22-26-23(17-3-5-19(25)6-4-17)21(30(22)13-20)14-28-9-11-29(12-10-28)24(31)18-15-34-16-18/h3-8,11,13,18H,9-10,12,14-16H2,1-2H3/q+1. The number of pyridine rings is 1. The number of sulfonamides is 1. The van der Waals surface area contributed by atoms with Crippen molar-refractivity contribution in [1.82, 2.24) is 14.3 Å². The Bertz CT molecular complexity index is 1410. The van der Waals surface area contributed by atoms with Crippen LogP contribution in [0, 0.1) is 5.92 Å². The van der Waals surface area contributed by atoms with Crippen LogP contribution < -0.4 is 4.31 Å². The Kier molecular flexibility index (Phi) is 6.39. The van der Waals surface area contributed by atoms with Crippen LogP contribution >= 0.6 is 11.6 Å². The van der Waals surface area contributed by atoms with Gasteiger partial charge in [0.1, 0.15) is 11.6 Å². The molecule has 5 rings (SSSR count). The molecule has 2 aromatic heterocycles. The summed E-state index contributed by atoms with van der Waals surface area (Å²) in [5.41, 5.74) is 3.94. The van der Waals surface area contributed by atoms with E-state index in [0.29, 0.717) is 50.1 Å². The summed E-state index contributed by atoms with van der Waals surface area (Å²) in [6, 6.07) is 11.1. The van der Waals surface area contributed by atoms with Crippen molar-refractivity contribution in [2.24, 2.45) is 5.92 Å². The smallest absolute Gasteiger partial charge is 0.379 e. The highest BCUT2D eigenvalue weighted by atomic mass is 35.5. The first-order valence-corrected chi connectivity index (χ1v) is 13.6. The third kappa shape index (κ3) is 4.84. The Morgan fingerprint density at radius 2 is 1.97 bits per heavy atom. The molecule has 1 fully saturated rings. The minimum Gasteiger partial charge on any atom is -0.379 e. The van der Waals surface area contributed by atoms with Gasteiger partial charge in [0.2, 0.25) is 10.0 Å². The van der Waals surface area contributed by atoms with E-state index in [2.05, 4.69) is 4.90 Å². The summed E-state index contributed by atoms with van der Waals surface area (Å²) in [7, 11) is -1.88. The van der Waals surface area contributed by atoms with Crippen molar-refractivity contribution in [3.05, 3.63) is 53.3 Å². The molecule has 2 aliphatic rings. The molecule has 9 nitrogen and oxygen atoms in total. The van der Waals surface area contributed by atoms with Crippen molar-refractivity contribution < 1.29 is 22.5 Å². The molecule has 0 saturated carbocycles. The van der Waals surface area contributed by atoms with Crippen LogP contribution in [0.2, 0.25) is 5.02 Å². The van der Waals surface area contributed by atoms with Crippen molar-refractivity contribution >= 4 is 45.1 Å². The summed E-state index contributed by atoms with van der Waals surface area (Å²) in [5.74, 6) is 0.0966. The summed E-state index contributed by atoms with van der Waals surface area (Å²) in [5, 5.41) is 0.642. The summed E-state index contributed by atoms with van der Waals surface area (Å²) in [4.78, 5) is 19.7. The highest BCUT2D eigenvalue weighted by molar-refractivity contribution is 7.92. The first-order valence-electron chi connectivity index (χ1n) is 11.4. The maximum absolute atomic E-state index is 12.5. The number of rotatable bonds is 6. The quantitative estimate of drug-likeness (QED) is 0.466. The molecule has 4 heterocycles. The molecule has 3 aromatic rings. The number of anilines is 1. The molecule has 1 saturated heterocycles. The Morgan fingerprint density at radius 1 is 1.23 bits per heavy atom. The van der Waals surface area contributed by atoms with E-state index in [1.807, 2.05) is 40.9 Å². The Morgan fingerprint density at radius 3 is 2.57 bits per heavy atom. The highest BCUT2D eigenvalue weighted by Crippen LogP contribution is 2.29. The van der Waals surface area contributed by atoms with Crippen LogP contribution in [0.5, 0.6) is 0 Å². The summed E-state index contributed by atoms with van der Waals surface area (Å²) in [6.07, 6.45) is 4.92. The van der Waals surface area contributed by atoms with E-state index in [0.717, 1.165) is 22.6 Å². The number of hydrogen-bond donors (Lipinski definition) is 0. The van der Waals surface area contributed by atoms with E-state index < -0.39 is 10.0 Å². The van der Waals surface area contributed by atoms with Gasteiger partial charge in [0.15, 0.2) is 12.8 Å². The van der Waals surface area contributed by atoms with Gasteiger partial charge in [0.25, 0.3) is 0 Å². The van der Waals surface area contributed by atoms with Crippen molar-refractivity contribution in [3.8, 4) is 11.3 Å². The molecule has 1 amide bonds. The third-order valence-corrected chi connectivity index (χ3v) is 8.00. The monoisotopic (exact) mass is 516 g/mol. The van der Waals surface area contributed by atoms with Gasteiger partial charge in [0.05, 0.1) is 49.6 Å². The molecule has 0 radical (unpaired) electrons. The summed E-state index contributed by atoms with van der Waals surface area (Å²) in [6.45, 7) is 3.54. The lowest BCUT2D eigenvalue weighted by Gasteiger charge is -2.26. The van der Waals surface area contributed by atoms with Crippen LogP contribution in [0.25, 0.3) is 16.9 Å². The zero-order valence-electron chi connectivity index (χ0n) is 19.6. The van der Waals surface area contributed by atoms with E-state index >= 15 is 0 Å². The Balaban J connectivity index is 1.50. The highest BCUT2D eigenvalue weighted by Gasteiger charge is 2.36. The van der Waals surface area contributed by atoms with E-state index in [1.165, 1.54) is 17.6 Å². The molecule has 0 bridgehead atoms. The third-order valence-electron chi connectivity index (χ3n) is 6.54. The summed E-state index contributed by atoms with van der Waals surface area (Å²) < 4.78 is 34.4. The number of halogens is 1. The molecule has 0 N–H and O–H groups in total. The van der Waals surface area contributed by atoms with E-state index in [4.69, 9.17) is 21.3 Å². The average molecular weight is 517 g/mol. The van der Waals surface area contributed by atoms with Gasteiger partial charge in [0, 0.05) is 30.4 Å². The zero-order chi connectivity index (χ0) is 24.7. The van der Waals surface area contributed by atoms with Crippen molar-refractivity contribution in [2.75, 3.05) is 50.5 Å². The van der Waals surface area contributed by atoms with Crippen LogP contribution in [0.4, 0.5) is 5.69 Å². The Hall–Kier alpha value is -2.79. The molecule has 0 aliphatic carbocycles. The predicted octanol–water partition coefficient (Wildman–Crippen LogP) is 2.12. The van der Waals surface area contributed by atoms with Crippen LogP contribution in [0.1, 0.15) is 5.69 Å². The number of ether oxygens (including phenoxy) is 1. The lowest BCUT2D eigenvalue weighted by molar-refractivity contribution is -0.459. The number of carbonyl (C=O) groups is 1. The van der Waals surface area contributed by atoms with E-state index in [1.54, 1.807) is 16.8 Å². The van der Waals surface area contributed by atoms with E-state index in [9.17, 15) is 13.2 Å². The molecule has 11 heteroatoms. The van der Waals surface area contributed by atoms with Gasteiger partial charge in [-0.3, -0.25) is 13.6 Å². The minimum absolute atomic E-state index is 0.0293. The van der Waals surface area contributed by atoms with Gasteiger partial charge in [-0.05, 0) is 24.3 Å². The van der Waals surface area contributed by atoms with Gasteiger partial charge in [-0.1, -0.05) is 23.7 Å². The maximum atomic E-state index is 12.5. The fourth-order valence-electron chi connectivity index (χ4n) is 4.26. The predicted molar refractivity (Wildman–Crippen MR) is 135 cm³/mol. The number of fused-ring (bicyclic) bond motifs is 1. The first kappa shape index (κ1) is 23.9. The summed E-state index contributed by atoms with van der Waals surface area (Å²) >= 11 is 6.11. The van der Waals surface area contributed by atoms with Crippen LogP contribution in [-0.4, -0.2) is 85.6 Å². The topological polar surface area (TPSA) is 87.2 Å². The average Bonchev–Trinajstić information content (AvgIpc) is 3.15. The molecular weight excluding hydrogens is 490 g/mol. The Labute approximate surface area is 209 Å². The van der Waals surface area contributed by atoms with Gasteiger partial charge in [-0.2, -0.15) is 4.58 Å². The molecule has 184 valence electrons. The lowest BCUT2D eigenvalue weighted by atomic mass is 10.1. The second kappa shape index (κ2) is 9.34. The van der Waals surface area contributed by atoms with Crippen molar-refractivity contribution in [3.63, 3.8) is 0 Å². The van der Waals surface area contributed by atoms with Crippen LogP contribution in [0.3, 0.4) is 0 Å². The van der Waals surface area contributed by atoms with Crippen LogP contribution in [-0.2, 0) is 26.1 Å². The lowest BCUT2D eigenvalue weighted by Crippen LogP contribution is -2.47. The zero-order valence-corrected chi connectivity index (χ0v) is 21.2. The molecular formula is C24H27ClN5O4S+. The number of nitrogens with zero attached hydrogens (tertiary/aromatic N) is 5. The number of aromatic nitrogens is 2. The number of carbonyl (C=O) groups excluding carboxylic acids is 1. The SMILES string of the molecule is CN(c1ccc2nc(-c3ccc(Cl)cc3)c(CN3CC=[N+](C(=O)C4COC4)CC3)n2c1)S(C)(=O)=O. The van der Waals surface area contributed by atoms with Crippen molar-refractivity contribution in [2.45, 2.75) is 6.54 Å². The van der Waals surface area contributed by atoms with Crippen molar-refractivity contribution in [1.29, 1.82) is 0 Å².